The molecular formula is C23H19NO6. The van der Waals surface area contributed by atoms with Crippen LogP contribution >= 0.6 is 0 Å². The topological polar surface area (TPSA) is 105 Å². The number of benzene rings is 3. The molecule has 0 saturated carbocycles. The van der Waals surface area contributed by atoms with Crippen LogP contribution in [0.15, 0.2) is 60.7 Å². The molecule has 0 radical (unpaired) electrons. The zero-order valence-electron chi connectivity index (χ0n) is 16.1. The molecule has 152 valence electrons. The SMILES string of the molecule is COc1ccc(C(=O)O)c(NC(=O)OCC2c3ccccc3-c3ccccc32)c1O. The van der Waals surface area contributed by atoms with Gasteiger partial charge in [-0.25, -0.2) is 9.59 Å². The summed E-state index contributed by atoms with van der Waals surface area (Å²) in [5.41, 5.74) is 3.76. The Kier molecular flexibility index (Phi) is 5.02. The molecule has 0 bridgehead atoms. The van der Waals surface area contributed by atoms with Crippen molar-refractivity contribution in [2.75, 3.05) is 19.0 Å². The van der Waals surface area contributed by atoms with E-state index in [1.807, 2.05) is 48.5 Å². The maximum absolute atomic E-state index is 12.4. The monoisotopic (exact) mass is 405 g/mol. The molecule has 3 aromatic carbocycles. The van der Waals surface area contributed by atoms with Crippen LogP contribution in [0.2, 0.25) is 0 Å². The van der Waals surface area contributed by atoms with Crippen molar-refractivity contribution in [3.63, 3.8) is 0 Å². The van der Waals surface area contributed by atoms with Gasteiger partial charge in [-0.2, -0.15) is 0 Å². The number of carboxylic acid groups (broad SMARTS) is 1. The van der Waals surface area contributed by atoms with Crippen molar-refractivity contribution in [1.29, 1.82) is 0 Å². The van der Waals surface area contributed by atoms with E-state index in [0.717, 1.165) is 22.3 Å². The summed E-state index contributed by atoms with van der Waals surface area (Å²) in [6.45, 7) is 0.0625. The Balaban J connectivity index is 1.55. The van der Waals surface area contributed by atoms with E-state index in [0.29, 0.717) is 0 Å². The second-order valence-electron chi connectivity index (χ2n) is 6.79. The minimum Gasteiger partial charge on any atom is -0.503 e. The predicted molar refractivity (Wildman–Crippen MR) is 110 cm³/mol. The lowest BCUT2D eigenvalue weighted by molar-refractivity contribution is 0.0697. The Morgan fingerprint density at radius 3 is 2.13 bits per heavy atom. The quantitative estimate of drug-likeness (QED) is 0.541. The van der Waals surface area contributed by atoms with Gasteiger partial charge in [0, 0.05) is 5.92 Å². The van der Waals surface area contributed by atoms with Gasteiger partial charge in [0.2, 0.25) is 0 Å². The fraction of sp³-hybridized carbons (Fsp3) is 0.130. The molecule has 0 aromatic heterocycles. The van der Waals surface area contributed by atoms with Gasteiger partial charge in [0.25, 0.3) is 0 Å². The summed E-state index contributed by atoms with van der Waals surface area (Å²) < 4.78 is 10.4. The van der Waals surface area contributed by atoms with E-state index in [1.165, 1.54) is 19.2 Å². The Morgan fingerprint density at radius 1 is 0.967 bits per heavy atom. The van der Waals surface area contributed by atoms with Crippen LogP contribution in [0, 0.1) is 0 Å². The van der Waals surface area contributed by atoms with Crippen molar-refractivity contribution in [1.82, 2.24) is 0 Å². The number of carbonyl (C=O) groups excluding carboxylic acids is 1. The first kappa shape index (κ1) is 19.3. The van der Waals surface area contributed by atoms with Gasteiger partial charge < -0.3 is 19.7 Å². The van der Waals surface area contributed by atoms with E-state index in [4.69, 9.17) is 9.47 Å². The lowest BCUT2D eigenvalue weighted by atomic mass is 9.98. The van der Waals surface area contributed by atoms with Gasteiger partial charge in [0.15, 0.2) is 11.5 Å². The molecule has 0 spiro atoms. The number of nitrogens with one attached hydrogen (secondary N) is 1. The van der Waals surface area contributed by atoms with E-state index >= 15 is 0 Å². The maximum atomic E-state index is 12.4. The van der Waals surface area contributed by atoms with Gasteiger partial charge in [-0.05, 0) is 34.4 Å². The summed E-state index contributed by atoms with van der Waals surface area (Å²) in [6.07, 6.45) is -0.872. The highest BCUT2D eigenvalue weighted by Crippen LogP contribution is 2.44. The fourth-order valence-corrected chi connectivity index (χ4v) is 3.78. The van der Waals surface area contributed by atoms with E-state index in [1.54, 1.807) is 0 Å². The van der Waals surface area contributed by atoms with E-state index in [-0.39, 0.29) is 29.5 Å². The normalized spacial score (nSPS) is 12.0. The zero-order valence-corrected chi connectivity index (χ0v) is 16.1. The number of fused-ring (bicyclic) bond motifs is 3. The Hall–Kier alpha value is -4.00. The number of ether oxygens (including phenoxy) is 2. The molecule has 0 unspecified atom stereocenters. The number of rotatable bonds is 5. The molecule has 3 N–H and O–H groups in total. The number of aromatic hydroxyl groups is 1. The molecule has 0 atom stereocenters. The van der Waals surface area contributed by atoms with E-state index < -0.39 is 17.8 Å². The van der Waals surface area contributed by atoms with Crippen LogP contribution in [0.3, 0.4) is 0 Å². The highest BCUT2D eigenvalue weighted by atomic mass is 16.5. The summed E-state index contributed by atoms with van der Waals surface area (Å²) >= 11 is 0. The highest BCUT2D eigenvalue weighted by molar-refractivity contribution is 6.01. The standard InChI is InChI=1S/C23H19NO6/c1-29-19-11-10-17(22(26)27)20(21(19)25)24-23(28)30-12-18-15-8-4-2-6-13(15)14-7-3-5-9-16(14)18/h2-11,18,25H,12H2,1H3,(H,24,28)(H,26,27). The van der Waals surface area contributed by atoms with Crippen LogP contribution in [-0.2, 0) is 4.74 Å². The molecule has 0 heterocycles. The predicted octanol–water partition coefficient (Wildman–Crippen LogP) is 4.46. The molecule has 3 aromatic rings. The van der Waals surface area contributed by atoms with Crippen LogP contribution in [0.4, 0.5) is 10.5 Å². The zero-order chi connectivity index (χ0) is 21.3. The average molecular weight is 405 g/mol. The molecule has 0 aliphatic heterocycles. The number of hydrogen-bond acceptors (Lipinski definition) is 5. The van der Waals surface area contributed by atoms with Crippen LogP contribution in [0.5, 0.6) is 11.5 Å². The highest BCUT2D eigenvalue weighted by Gasteiger charge is 2.29. The smallest absolute Gasteiger partial charge is 0.411 e. The largest absolute Gasteiger partial charge is 0.503 e. The molecule has 0 saturated heterocycles. The van der Waals surface area contributed by atoms with Gasteiger partial charge in [0.05, 0.1) is 12.7 Å². The third kappa shape index (κ3) is 3.30. The molecule has 7 heteroatoms. The van der Waals surface area contributed by atoms with Gasteiger partial charge in [-0.1, -0.05) is 48.5 Å². The molecule has 30 heavy (non-hydrogen) atoms. The first-order valence-corrected chi connectivity index (χ1v) is 9.26. The third-order valence-corrected chi connectivity index (χ3v) is 5.16. The number of carboxylic acids is 1. The number of methoxy groups -OCH3 is 1. The fourth-order valence-electron chi connectivity index (χ4n) is 3.78. The molecule has 1 aliphatic carbocycles. The number of hydrogen-bond donors (Lipinski definition) is 3. The molecule has 4 rings (SSSR count). The number of anilines is 1. The first-order chi connectivity index (χ1) is 14.5. The summed E-state index contributed by atoms with van der Waals surface area (Å²) in [4.78, 5) is 23.9. The minimum absolute atomic E-state index is 0.0361. The van der Waals surface area contributed by atoms with Crippen LogP contribution in [-0.4, -0.2) is 36.0 Å². The lowest BCUT2D eigenvalue weighted by Gasteiger charge is -2.16. The molecular weight excluding hydrogens is 386 g/mol. The average Bonchev–Trinajstić information content (AvgIpc) is 3.07. The minimum atomic E-state index is -1.30. The first-order valence-electron chi connectivity index (χ1n) is 9.26. The summed E-state index contributed by atoms with van der Waals surface area (Å²) in [5.74, 6) is -1.89. The molecule has 1 amide bonds. The van der Waals surface area contributed by atoms with Gasteiger partial charge in [-0.15, -0.1) is 0 Å². The van der Waals surface area contributed by atoms with Crippen LogP contribution in [0.25, 0.3) is 11.1 Å². The third-order valence-electron chi connectivity index (χ3n) is 5.16. The number of phenols is 1. The number of phenolic OH excluding ortho intramolecular Hbond substituents is 1. The Bertz CT molecular complexity index is 1090. The second kappa shape index (κ2) is 7.79. The number of aromatic carboxylic acids is 1. The van der Waals surface area contributed by atoms with Crippen LogP contribution < -0.4 is 10.1 Å². The molecule has 1 aliphatic rings. The summed E-state index contributed by atoms with van der Waals surface area (Å²) in [7, 11) is 1.33. The van der Waals surface area contributed by atoms with Crippen molar-refractivity contribution in [3.05, 3.63) is 77.4 Å². The molecule has 0 fully saturated rings. The van der Waals surface area contributed by atoms with Gasteiger partial charge in [0.1, 0.15) is 12.3 Å². The van der Waals surface area contributed by atoms with E-state index in [2.05, 4.69) is 5.32 Å². The maximum Gasteiger partial charge on any atom is 0.411 e. The summed E-state index contributed by atoms with van der Waals surface area (Å²) in [5, 5.41) is 21.9. The van der Waals surface area contributed by atoms with Crippen molar-refractivity contribution in [2.45, 2.75) is 5.92 Å². The Labute approximate surface area is 172 Å². The number of carbonyl (C=O) groups is 2. The number of amides is 1. The van der Waals surface area contributed by atoms with Gasteiger partial charge >= 0.3 is 12.1 Å². The van der Waals surface area contributed by atoms with Crippen molar-refractivity contribution < 1.29 is 29.3 Å². The second-order valence-corrected chi connectivity index (χ2v) is 6.79. The lowest BCUT2D eigenvalue weighted by Crippen LogP contribution is -2.19. The summed E-state index contributed by atoms with van der Waals surface area (Å²) in [6, 6.07) is 18.4. The van der Waals surface area contributed by atoms with Crippen LogP contribution in [0.1, 0.15) is 27.4 Å². The van der Waals surface area contributed by atoms with Crippen molar-refractivity contribution in [3.8, 4) is 22.6 Å². The Morgan fingerprint density at radius 2 is 1.57 bits per heavy atom. The van der Waals surface area contributed by atoms with Crippen molar-refractivity contribution >= 4 is 17.7 Å². The van der Waals surface area contributed by atoms with E-state index in [9.17, 15) is 19.8 Å². The molecule has 7 nitrogen and oxygen atoms in total. The van der Waals surface area contributed by atoms with Crippen molar-refractivity contribution in [2.24, 2.45) is 0 Å². The van der Waals surface area contributed by atoms with Gasteiger partial charge in [-0.3, -0.25) is 5.32 Å².